The summed E-state index contributed by atoms with van der Waals surface area (Å²) in [6.45, 7) is 10.9. The Bertz CT molecular complexity index is 653. The lowest BCUT2D eigenvalue weighted by Crippen LogP contribution is -2.19. The van der Waals surface area contributed by atoms with Gasteiger partial charge in [0.1, 0.15) is 17.3 Å². The quantitative estimate of drug-likeness (QED) is 0.939. The van der Waals surface area contributed by atoms with E-state index in [1.165, 1.54) is 12.8 Å². The Morgan fingerprint density at radius 3 is 2.48 bits per heavy atom. The van der Waals surface area contributed by atoms with Crippen molar-refractivity contribution in [2.75, 3.05) is 5.73 Å². The van der Waals surface area contributed by atoms with Gasteiger partial charge in [0.05, 0.1) is 18.2 Å². The van der Waals surface area contributed by atoms with E-state index in [4.69, 9.17) is 10.7 Å². The molecule has 1 fully saturated rings. The van der Waals surface area contributed by atoms with Gasteiger partial charge in [-0.15, -0.1) is 0 Å². The van der Waals surface area contributed by atoms with Crippen LogP contribution in [0.2, 0.25) is 0 Å². The molecule has 21 heavy (non-hydrogen) atoms. The molecule has 1 aliphatic rings. The van der Waals surface area contributed by atoms with Crippen molar-refractivity contribution in [3.63, 3.8) is 0 Å². The third-order valence-electron chi connectivity index (χ3n) is 4.00. The fraction of sp³-hybridized carbons (Fsp3) is 0.625. The standard InChI is InChI=1S/C16H25N5/c1-10(2)20-9-18-8-12(20)13-14(17)21(11-6-7-11)15(19-13)16(3,4)5/h8-11H,6-7,17H2,1-5H3. The summed E-state index contributed by atoms with van der Waals surface area (Å²) in [5, 5.41) is 0. The molecule has 114 valence electrons. The number of imidazole rings is 2. The maximum Gasteiger partial charge on any atom is 0.133 e. The number of nitrogen functional groups attached to an aromatic ring is 1. The highest BCUT2D eigenvalue weighted by Gasteiger charge is 2.34. The van der Waals surface area contributed by atoms with Crippen molar-refractivity contribution < 1.29 is 0 Å². The van der Waals surface area contributed by atoms with Crippen molar-refractivity contribution in [2.45, 2.75) is 65.0 Å². The highest BCUT2D eigenvalue weighted by atomic mass is 15.2. The normalized spacial score (nSPS) is 15.9. The van der Waals surface area contributed by atoms with Gasteiger partial charge in [-0.2, -0.15) is 0 Å². The molecule has 1 aliphatic carbocycles. The maximum absolute atomic E-state index is 6.46. The van der Waals surface area contributed by atoms with Crippen LogP contribution in [0.25, 0.3) is 11.4 Å². The van der Waals surface area contributed by atoms with Crippen LogP contribution in [0.5, 0.6) is 0 Å². The molecule has 5 nitrogen and oxygen atoms in total. The van der Waals surface area contributed by atoms with Crippen LogP contribution >= 0.6 is 0 Å². The van der Waals surface area contributed by atoms with Gasteiger partial charge in [-0.25, -0.2) is 9.97 Å². The predicted molar refractivity (Wildman–Crippen MR) is 85.2 cm³/mol. The van der Waals surface area contributed by atoms with Gasteiger partial charge in [-0.1, -0.05) is 20.8 Å². The molecule has 3 rings (SSSR count). The van der Waals surface area contributed by atoms with E-state index in [0.29, 0.717) is 12.1 Å². The van der Waals surface area contributed by atoms with Crippen molar-refractivity contribution in [3.8, 4) is 11.4 Å². The van der Waals surface area contributed by atoms with E-state index in [1.807, 2.05) is 12.5 Å². The van der Waals surface area contributed by atoms with Gasteiger partial charge in [-0.05, 0) is 26.7 Å². The summed E-state index contributed by atoms with van der Waals surface area (Å²) in [5.74, 6) is 1.86. The predicted octanol–water partition coefficient (Wildman–Crippen LogP) is 3.54. The van der Waals surface area contributed by atoms with E-state index in [2.05, 4.69) is 48.7 Å². The van der Waals surface area contributed by atoms with Gasteiger partial charge in [0, 0.05) is 17.5 Å². The minimum absolute atomic E-state index is 0.0162. The second-order valence-corrected chi connectivity index (χ2v) is 7.30. The van der Waals surface area contributed by atoms with Gasteiger partial charge in [0.15, 0.2) is 0 Å². The molecule has 2 N–H and O–H groups in total. The lowest BCUT2D eigenvalue weighted by atomic mass is 9.95. The number of nitrogens with two attached hydrogens (primary N) is 1. The number of hydrogen-bond donors (Lipinski definition) is 1. The summed E-state index contributed by atoms with van der Waals surface area (Å²) >= 11 is 0. The van der Waals surface area contributed by atoms with Crippen molar-refractivity contribution in [1.29, 1.82) is 0 Å². The molecule has 0 atom stereocenters. The molecule has 0 radical (unpaired) electrons. The molecule has 0 unspecified atom stereocenters. The van der Waals surface area contributed by atoms with Crippen LogP contribution < -0.4 is 5.73 Å². The average Bonchev–Trinajstić information content (AvgIpc) is 2.97. The molecule has 0 amide bonds. The summed E-state index contributed by atoms with van der Waals surface area (Å²) in [4.78, 5) is 9.19. The molecule has 1 saturated carbocycles. The first-order valence-electron chi connectivity index (χ1n) is 7.71. The zero-order valence-electron chi connectivity index (χ0n) is 13.6. The van der Waals surface area contributed by atoms with Crippen LogP contribution in [-0.2, 0) is 5.41 Å². The maximum atomic E-state index is 6.46. The van der Waals surface area contributed by atoms with Crippen molar-refractivity contribution in [3.05, 3.63) is 18.3 Å². The van der Waals surface area contributed by atoms with E-state index in [1.54, 1.807) is 0 Å². The smallest absolute Gasteiger partial charge is 0.133 e. The van der Waals surface area contributed by atoms with E-state index < -0.39 is 0 Å². The van der Waals surface area contributed by atoms with Gasteiger partial charge in [-0.3, -0.25) is 0 Å². The van der Waals surface area contributed by atoms with Crippen LogP contribution in [-0.4, -0.2) is 19.1 Å². The largest absolute Gasteiger partial charge is 0.383 e. The first-order valence-corrected chi connectivity index (χ1v) is 7.71. The lowest BCUT2D eigenvalue weighted by Gasteiger charge is -2.20. The fourth-order valence-electron chi connectivity index (χ4n) is 2.76. The lowest BCUT2D eigenvalue weighted by molar-refractivity contribution is 0.504. The van der Waals surface area contributed by atoms with E-state index in [9.17, 15) is 0 Å². The molecule has 0 saturated heterocycles. The monoisotopic (exact) mass is 287 g/mol. The molecule has 2 heterocycles. The molecule has 2 aromatic heterocycles. The van der Waals surface area contributed by atoms with E-state index in [-0.39, 0.29) is 5.41 Å². The third kappa shape index (κ3) is 2.34. The summed E-state index contributed by atoms with van der Waals surface area (Å²) in [6, 6.07) is 0.863. The van der Waals surface area contributed by atoms with Crippen LogP contribution in [0.3, 0.4) is 0 Å². The third-order valence-corrected chi connectivity index (χ3v) is 4.00. The molecular formula is C16H25N5. The van der Waals surface area contributed by atoms with Crippen molar-refractivity contribution >= 4 is 5.82 Å². The Hall–Kier alpha value is -1.78. The first-order chi connectivity index (χ1) is 9.80. The van der Waals surface area contributed by atoms with Gasteiger partial charge < -0.3 is 14.9 Å². The first kappa shape index (κ1) is 14.2. The topological polar surface area (TPSA) is 61.7 Å². The number of anilines is 1. The summed E-state index contributed by atoms with van der Waals surface area (Å²) < 4.78 is 4.37. The average molecular weight is 287 g/mol. The highest BCUT2D eigenvalue weighted by Crippen LogP contribution is 2.43. The molecule has 2 aromatic rings. The number of rotatable bonds is 3. The van der Waals surface area contributed by atoms with E-state index in [0.717, 1.165) is 23.0 Å². The molecule has 0 aromatic carbocycles. The second kappa shape index (κ2) is 4.61. The van der Waals surface area contributed by atoms with Crippen LogP contribution in [0.1, 0.15) is 65.4 Å². The molecule has 0 spiro atoms. The van der Waals surface area contributed by atoms with Gasteiger partial charge >= 0.3 is 0 Å². The Morgan fingerprint density at radius 1 is 1.29 bits per heavy atom. The zero-order valence-corrected chi connectivity index (χ0v) is 13.6. The summed E-state index contributed by atoms with van der Waals surface area (Å²) in [5.41, 5.74) is 8.33. The molecule has 0 bridgehead atoms. The molecule has 5 heteroatoms. The molecule has 0 aliphatic heterocycles. The SMILES string of the molecule is CC(C)n1cncc1-c1nc(C(C)(C)C)n(C2CC2)c1N. The van der Waals surface area contributed by atoms with Crippen LogP contribution in [0, 0.1) is 0 Å². The minimum Gasteiger partial charge on any atom is -0.383 e. The number of nitrogens with zero attached hydrogens (tertiary/aromatic N) is 4. The van der Waals surface area contributed by atoms with Gasteiger partial charge in [0.2, 0.25) is 0 Å². The molecular weight excluding hydrogens is 262 g/mol. The van der Waals surface area contributed by atoms with Gasteiger partial charge in [0.25, 0.3) is 0 Å². The summed E-state index contributed by atoms with van der Waals surface area (Å²) in [6.07, 6.45) is 6.12. The summed E-state index contributed by atoms with van der Waals surface area (Å²) in [7, 11) is 0. The Morgan fingerprint density at radius 2 is 1.95 bits per heavy atom. The Labute approximate surface area is 126 Å². The van der Waals surface area contributed by atoms with Crippen LogP contribution in [0.15, 0.2) is 12.5 Å². The minimum atomic E-state index is -0.0162. The van der Waals surface area contributed by atoms with E-state index >= 15 is 0 Å². The fourth-order valence-corrected chi connectivity index (χ4v) is 2.76. The Balaban J connectivity index is 2.18. The Kier molecular flexibility index (Phi) is 3.11. The number of hydrogen-bond acceptors (Lipinski definition) is 3. The van der Waals surface area contributed by atoms with Crippen LogP contribution in [0.4, 0.5) is 5.82 Å². The second-order valence-electron chi connectivity index (χ2n) is 7.30. The van der Waals surface area contributed by atoms with Crippen molar-refractivity contribution in [1.82, 2.24) is 19.1 Å². The number of aromatic nitrogens is 4. The highest BCUT2D eigenvalue weighted by molar-refractivity contribution is 5.68. The van der Waals surface area contributed by atoms with Crippen molar-refractivity contribution in [2.24, 2.45) is 0 Å². The zero-order chi connectivity index (χ0) is 15.4.